The van der Waals surface area contributed by atoms with E-state index in [0.29, 0.717) is 0 Å². The van der Waals surface area contributed by atoms with Crippen molar-refractivity contribution in [2.45, 2.75) is 6.42 Å². The first kappa shape index (κ1) is 15.5. The van der Waals surface area contributed by atoms with Crippen LogP contribution in [0.15, 0.2) is 78.9 Å². The number of phenolic OH excluding ortho intramolecular Hbond substituents is 1. The Kier molecular flexibility index (Phi) is 4.92. The van der Waals surface area contributed by atoms with Gasteiger partial charge >= 0.3 is 144 Å². The van der Waals surface area contributed by atoms with Crippen LogP contribution in [0.25, 0.3) is 0 Å². The number of aromatic hydroxyl groups is 1. The second-order valence-electron chi connectivity index (χ2n) is 5.32. The molecule has 0 aliphatic carbocycles. The molecule has 23 heavy (non-hydrogen) atoms. The quantitative estimate of drug-likeness (QED) is 0.533. The van der Waals surface area contributed by atoms with Gasteiger partial charge in [-0.3, -0.25) is 0 Å². The van der Waals surface area contributed by atoms with Crippen molar-refractivity contribution >= 4 is 25.8 Å². The maximum absolute atomic E-state index is 9.37. The fraction of sp³-hybridized carbons (Fsp3) is 0.0500. The van der Waals surface area contributed by atoms with E-state index < -0.39 is 0 Å². The Balaban J connectivity index is 1.82. The van der Waals surface area contributed by atoms with Crippen LogP contribution in [0, 0.1) is 0 Å². The van der Waals surface area contributed by atoms with Crippen LogP contribution in [-0.4, -0.2) is 25.2 Å². The maximum atomic E-state index is 9.37. The van der Waals surface area contributed by atoms with E-state index in [2.05, 4.69) is 63.4 Å². The molecule has 3 aromatic rings. The first-order valence-electron chi connectivity index (χ1n) is 7.44. The number of hydrogen-bond acceptors (Lipinski definition) is 2. The SMILES string of the molecule is Oc1ccc(NC(=[Se])c2ccccc2Cc2ccccc2)cc1. The molecule has 3 heteroatoms. The fourth-order valence-electron chi connectivity index (χ4n) is 2.45. The monoisotopic (exact) mass is 367 g/mol. The summed E-state index contributed by atoms with van der Waals surface area (Å²) >= 11 is 3.13. The van der Waals surface area contributed by atoms with Gasteiger partial charge in [-0.05, 0) is 0 Å². The van der Waals surface area contributed by atoms with Gasteiger partial charge in [0.15, 0.2) is 0 Å². The molecule has 3 aromatic carbocycles. The number of nitrogens with one attached hydrogen (secondary N) is 1. The molecule has 0 aromatic heterocycles. The molecule has 0 fully saturated rings. The molecule has 2 nitrogen and oxygen atoms in total. The second-order valence-corrected chi connectivity index (χ2v) is 6.18. The summed E-state index contributed by atoms with van der Waals surface area (Å²) in [5, 5.41) is 12.7. The van der Waals surface area contributed by atoms with E-state index in [4.69, 9.17) is 0 Å². The molecule has 0 unspecified atom stereocenters. The van der Waals surface area contributed by atoms with Gasteiger partial charge in [0.25, 0.3) is 0 Å². The van der Waals surface area contributed by atoms with Crippen LogP contribution in [0.4, 0.5) is 5.69 Å². The first-order chi connectivity index (χ1) is 11.2. The van der Waals surface area contributed by atoms with Crippen molar-refractivity contribution in [2.75, 3.05) is 5.32 Å². The van der Waals surface area contributed by atoms with Crippen molar-refractivity contribution in [1.82, 2.24) is 0 Å². The van der Waals surface area contributed by atoms with Gasteiger partial charge in [-0.1, -0.05) is 0 Å². The Morgan fingerprint density at radius 3 is 2.22 bits per heavy atom. The Morgan fingerprint density at radius 1 is 0.826 bits per heavy atom. The molecule has 0 bridgehead atoms. The number of rotatable bonds is 5. The molecule has 0 spiro atoms. The van der Waals surface area contributed by atoms with Gasteiger partial charge in [-0.15, -0.1) is 0 Å². The van der Waals surface area contributed by atoms with Gasteiger partial charge in [0.2, 0.25) is 0 Å². The fourth-order valence-corrected chi connectivity index (χ4v) is 3.12. The minimum atomic E-state index is 0.265. The zero-order valence-electron chi connectivity index (χ0n) is 12.6. The molecule has 0 saturated carbocycles. The second kappa shape index (κ2) is 7.28. The van der Waals surface area contributed by atoms with Crippen LogP contribution in [0.2, 0.25) is 0 Å². The van der Waals surface area contributed by atoms with Crippen LogP contribution in [-0.2, 0) is 6.42 Å². The van der Waals surface area contributed by atoms with E-state index >= 15 is 0 Å². The average Bonchev–Trinajstić information content (AvgIpc) is 2.58. The predicted octanol–water partition coefficient (Wildman–Crippen LogP) is 3.74. The van der Waals surface area contributed by atoms with Gasteiger partial charge < -0.3 is 0 Å². The Hall–Kier alpha value is -2.35. The van der Waals surface area contributed by atoms with Crippen LogP contribution in [0.3, 0.4) is 0 Å². The van der Waals surface area contributed by atoms with Crippen LogP contribution < -0.4 is 5.32 Å². The molecular weight excluding hydrogens is 349 g/mol. The third-order valence-corrected chi connectivity index (χ3v) is 4.30. The minimum absolute atomic E-state index is 0.265. The van der Waals surface area contributed by atoms with E-state index in [1.54, 1.807) is 12.1 Å². The molecule has 0 saturated heterocycles. The van der Waals surface area contributed by atoms with Crippen molar-refractivity contribution in [3.63, 3.8) is 0 Å². The molecule has 3 rings (SSSR count). The molecule has 0 aliphatic heterocycles. The number of anilines is 1. The van der Waals surface area contributed by atoms with Crippen molar-refractivity contribution in [3.8, 4) is 5.75 Å². The van der Waals surface area contributed by atoms with Crippen molar-refractivity contribution in [3.05, 3.63) is 95.6 Å². The number of benzene rings is 3. The summed E-state index contributed by atoms with van der Waals surface area (Å²) in [4.78, 5) is 0. The molecule has 0 aliphatic rings. The van der Waals surface area contributed by atoms with Crippen molar-refractivity contribution in [1.29, 1.82) is 0 Å². The summed E-state index contributed by atoms with van der Waals surface area (Å²) in [6.07, 6.45) is 0.888. The van der Waals surface area contributed by atoms with Crippen LogP contribution >= 0.6 is 0 Å². The normalized spacial score (nSPS) is 10.3. The standard InChI is InChI=1S/C20H17NOSe/c22-18-12-10-17(11-13-18)21-20(23)19-9-5-4-8-16(19)14-15-6-2-1-3-7-15/h1-13,22H,14H2,(H,21,23). The molecule has 0 atom stereocenters. The van der Waals surface area contributed by atoms with E-state index in [0.717, 1.165) is 22.2 Å². The molecule has 0 amide bonds. The van der Waals surface area contributed by atoms with Gasteiger partial charge in [0.1, 0.15) is 0 Å². The molecular formula is C20H17NOSe. The topological polar surface area (TPSA) is 32.3 Å². The third-order valence-electron chi connectivity index (χ3n) is 3.62. The summed E-state index contributed by atoms with van der Waals surface area (Å²) in [6.45, 7) is 0. The van der Waals surface area contributed by atoms with Crippen LogP contribution in [0.5, 0.6) is 5.75 Å². The summed E-state index contributed by atoms with van der Waals surface area (Å²) in [5.41, 5.74) is 4.65. The zero-order valence-corrected chi connectivity index (χ0v) is 14.3. The summed E-state index contributed by atoms with van der Waals surface area (Å²) < 4.78 is 0.974. The van der Waals surface area contributed by atoms with Gasteiger partial charge in [0, 0.05) is 0 Å². The number of phenols is 1. The van der Waals surface area contributed by atoms with Gasteiger partial charge in [-0.25, -0.2) is 0 Å². The summed E-state index contributed by atoms with van der Waals surface area (Å²) in [6, 6.07) is 25.9. The van der Waals surface area contributed by atoms with Crippen LogP contribution in [0.1, 0.15) is 16.7 Å². The van der Waals surface area contributed by atoms with E-state index in [1.807, 2.05) is 24.3 Å². The molecule has 114 valence electrons. The first-order valence-corrected chi connectivity index (χ1v) is 8.30. The zero-order chi connectivity index (χ0) is 16.1. The summed E-state index contributed by atoms with van der Waals surface area (Å²) in [7, 11) is 0. The molecule has 0 heterocycles. The van der Waals surface area contributed by atoms with E-state index in [1.165, 1.54) is 11.1 Å². The Morgan fingerprint density at radius 2 is 1.48 bits per heavy atom. The molecule has 0 radical (unpaired) electrons. The van der Waals surface area contributed by atoms with E-state index in [9.17, 15) is 5.11 Å². The average molecular weight is 366 g/mol. The third kappa shape index (κ3) is 4.10. The number of hydrogen-bond donors (Lipinski definition) is 2. The van der Waals surface area contributed by atoms with E-state index in [-0.39, 0.29) is 5.75 Å². The molecule has 2 N–H and O–H groups in total. The summed E-state index contributed by atoms with van der Waals surface area (Å²) in [5.74, 6) is 0.265. The Bertz CT molecular complexity index is 797. The van der Waals surface area contributed by atoms with Crippen molar-refractivity contribution in [2.24, 2.45) is 0 Å². The van der Waals surface area contributed by atoms with Gasteiger partial charge in [-0.2, -0.15) is 0 Å². The van der Waals surface area contributed by atoms with Crippen molar-refractivity contribution < 1.29 is 5.11 Å². The van der Waals surface area contributed by atoms with Gasteiger partial charge in [0.05, 0.1) is 0 Å². The predicted molar refractivity (Wildman–Crippen MR) is 97.3 cm³/mol. The Labute approximate surface area is 144 Å².